The van der Waals surface area contributed by atoms with E-state index in [-0.39, 0.29) is 12.3 Å². The van der Waals surface area contributed by atoms with Gasteiger partial charge in [-0.2, -0.15) is 0 Å². The van der Waals surface area contributed by atoms with Gasteiger partial charge in [-0.05, 0) is 49.1 Å². The molecule has 3 rings (SSSR count). The molecule has 0 bridgehead atoms. The smallest absolute Gasteiger partial charge is 0.312 e. The number of primary amides is 1. The van der Waals surface area contributed by atoms with E-state index in [4.69, 9.17) is 5.73 Å². The van der Waals surface area contributed by atoms with Crippen molar-refractivity contribution < 1.29 is 9.59 Å². The van der Waals surface area contributed by atoms with Crippen LogP contribution in [-0.4, -0.2) is 25.0 Å². The summed E-state index contributed by atoms with van der Waals surface area (Å²) in [6.45, 7) is 1.99. The molecule has 2 aromatic rings. The van der Waals surface area contributed by atoms with Crippen molar-refractivity contribution in [3.63, 3.8) is 0 Å². The molecular weight excluding hydrogens is 420 g/mol. The molecule has 1 aliphatic heterocycles. The van der Waals surface area contributed by atoms with Crippen molar-refractivity contribution in [1.82, 2.24) is 5.32 Å². The zero-order valence-electron chi connectivity index (χ0n) is 15.7. The molecule has 28 heavy (non-hydrogen) atoms. The number of benzene rings is 2. The summed E-state index contributed by atoms with van der Waals surface area (Å²) in [4.78, 5) is 26.5. The first-order valence-electron chi connectivity index (χ1n) is 9.48. The molecule has 0 radical (unpaired) electrons. The Morgan fingerprint density at radius 2 is 1.82 bits per heavy atom. The lowest BCUT2D eigenvalue weighted by atomic mass is 10.0. The third kappa shape index (κ3) is 5.48. The van der Waals surface area contributed by atoms with Gasteiger partial charge in [-0.1, -0.05) is 40.2 Å². The van der Waals surface area contributed by atoms with Gasteiger partial charge in [0.2, 0.25) is 5.91 Å². The molecule has 3 amide bonds. The number of anilines is 2. The van der Waals surface area contributed by atoms with Crippen LogP contribution in [0.25, 0.3) is 0 Å². The van der Waals surface area contributed by atoms with Crippen LogP contribution in [-0.2, 0) is 4.79 Å². The molecule has 1 atom stereocenters. The molecule has 0 aliphatic carbocycles. The summed E-state index contributed by atoms with van der Waals surface area (Å²) in [6.07, 6.45) is 3.66. The Labute approximate surface area is 173 Å². The summed E-state index contributed by atoms with van der Waals surface area (Å²) in [5.41, 5.74) is 7.96. The number of carbonyl (C=O) groups is 2. The van der Waals surface area contributed by atoms with Gasteiger partial charge in [-0.15, -0.1) is 0 Å². The molecule has 1 fully saturated rings. The highest BCUT2D eigenvalue weighted by atomic mass is 79.9. The number of urea groups is 1. The number of piperidine rings is 1. The van der Waals surface area contributed by atoms with Crippen molar-refractivity contribution in [2.24, 2.45) is 5.73 Å². The lowest BCUT2D eigenvalue weighted by Gasteiger charge is -2.30. The molecule has 4 N–H and O–H groups in total. The molecule has 1 heterocycles. The van der Waals surface area contributed by atoms with Crippen molar-refractivity contribution in [3.8, 4) is 0 Å². The number of hydrogen-bond acceptors (Lipinski definition) is 3. The van der Waals surface area contributed by atoms with Crippen LogP contribution >= 0.6 is 15.9 Å². The van der Waals surface area contributed by atoms with E-state index >= 15 is 0 Å². The second kappa shape index (κ2) is 9.59. The van der Waals surface area contributed by atoms with Gasteiger partial charge in [0, 0.05) is 17.6 Å². The lowest BCUT2D eigenvalue weighted by molar-refractivity contribution is -0.116. The minimum Gasteiger partial charge on any atom is -0.370 e. The van der Waals surface area contributed by atoms with Gasteiger partial charge in [0.15, 0.2) is 0 Å². The zero-order valence-corrected chi connectivity index (χ0v) is 17.2. The quantitative estimate of drug-likeness (QED) is 0.624. The molecule has 2 aromatic carbocycles. The maximum atomic E-state index is 12.8. The monoisotopic (exact) mass is 444 g/mol. The Morgan fingerprint density at radius 3 is 2.54 bits per heavy atom. The number of carbonyl (C=O) groups excluding carboxylic acids is 2. The second-order valence-corrected chi connectivity index (χ2v) is 7.85. The van der Waals surface area contributed by atoms with Crippen LogP contribution in [0.15, 0.2) is 53.0 Å². The first kappa shape index (κ1) is 20.2. The van der Waals surface area contributed by atoms with E-state index in [2.05, 4.69) is 31.5 Å². The van der Waals surface area contributed by atoms with Crippen LogP contribution in [0.3, 0.4) is 0 Å². The Bertz CT molecular complexity index is 837. The third-order valence-corrected chi connectivity index (χ3v) is 5.33. The van der Waals surface area contributed by atoms with Crippen LogP contribution in [0, 0.1) is 0 Å². The predicted octanol–water partition coefficient (Wildman–Crippen LogP) is 4.18. The molecule has 0 spiro atoms. The van der Waals surface area contributed by atoms with Crippen LogP contribution in [0.4, 0.5) is 16.2 Å². The average Bonchev–Trinajstić information content (AvgIpc) is 2.68. The maximum Gasteiger partial charge on any atom is 0.312 e. The third-order valence-electron chi connectivity index (χ3n) is 4.83. The summed E-state index contributed by atoms with van der Waals surface area (Å²) in [5, 5.41) is 5.68. The fraction of sp³-hybridized carbons (Fsp3) is 0.333. The van der Waals surface area contributed by atoms with E-state index in [1.807, 2.05) is 48.5 Å². The molecule has 0 saturated carbocycles. The minimum atomic E-state index is -0.661. The highest BCUT2D eigenvalue weighted by molar-refractivity contribution is 9.10. The number of amides is 3. The number of hydrogen-bond donors (Lipinski definition) is 3. The number of rotatable bonds is 6. The van der Waals surface area contributed by atoms with Gasteiger partial charge < -0.3 is 21.3 Å². The van der Waals surface area contributed by atoms with Crippen molar-refractivity contribution >= 4 is 39.2 Å². The number of nitrogens with zero attached hydrogens (tertiary/aromatic N) is 1. The molecule has 148 valence electrons. The van der Waals surface area contributed by atoms with Crippen molar-refractivity contribution in [3.05, 3.63) is 58.6 Å². The van der Waals surface area contributed by atoms with Crippen molar-refractivity contribution in [2.45, 2.75) is 31.7 Å². The fourth-order valence-electron chi connectivity index (χ4n) is 3.52. The molecule has 1 saturated heterocycles. The number of nitrogens with one attached hydrogen (secondary N) is 2. The Hall–Kier alpha value is -2.54. The molecule has 1 aliphatic rings. The first-order valence-corrected chi connectivity index (χ1v) is 10.3. The molecule has 7 heteroatoms. The summed E-state index contributed by atoms with van der Waals surface area (Å²) < 4.78 is 0.872. The van der Waals surface area contributed by atoms with E-state index < -0.39 is 12.1 Å². The zero-order chi connectivity index (χ0) is 19.9. The SMILES string of the molecule is NC(=O)NC(CC(=O)Nc1ccccc1N1CCCCC1)c1cccc(Br)c1. The van der Waals surface area contributed by atoms with Crippen LogP contribution in [0.5, 0.6) is 0 Å². The van der Waals surface area contributed by atoms with Gasteiger partial charge in [-0.3, -0.25) is 4.79 Å². The largest absolute Gasteiger partial charge is 0.370 e. The lowest BCUT2D eigenvalue weighted by Crippen LogP contribution is -2.35. The van der Waals surface area contributed by atoms with Gasteiger partial charge in [-0.25, -0.2) is 4.79 Å². The first-order chi connectivity index (χ1) is 13.5. The number of para-hydroxylation sites is 2. The molecule has 0 aromatic heterocycles. The average molecular weight is 445 g/mol. The normalized spacial score (nSPS) is 15.0. The Morgan fingerprint density at radius 1 is 1.07 bits per heavy atom. The maximum absolute atomic E-state index is 12.8. The van der Waals surface area contributed by atoms with E-state index in [0.29, 0.717) is 0 Å². The fourth-order valence-corrected chi connectivity index (χ4v) is 3.94. The summed E-state index contributed by atoms with van der Waals surface area (Å²) in [7, 11) is 0. The highest BCUT2D eigenvalue weighted by Gasteiger charge is 2.20. The Kier molecular flexibility index (Phi) is 6.92. The Balaban J connectivity index is 1.73. The second-order valence-electron chi connectivity index (χ2n) is 6.93. The molecular formula is C21H25BrN4O2. The van der Waals surface area contributed by atoms with Gasteiger partial charge in [0.25, 0.3) is 0 Å². The van der Waals surface area contributed by atoms with Gasteiger partial charge >= 0.3 is 6.03 Å². The van der Waals surface area contributed by atoms with Crippen LogP contribution in [0.2, 0.25) is 0 Å². The molecule has 1 unspecified atom stereocenters. The minimum absolute atomic E-state index is 0.0910. The molecule has 6 nitrogen and oxygen atoms in total. The van der Waals surface area contributed by atoms with Crippen LogP contribution in [0.1, 0.15) is 37.3 Å². The predicted molar refractivity (Wildman–Crippen MR) is 115 cm³/mol. The summed E-state index contributed by atoms with van der Waals surface area (Å²) in [6, 6.07) is 14.2. The topological polar surface area (TPSA) is 87.5 Å². The number of nitrogens with two attached hydrogens (primary N) is 1. The summed E-state index contributed by atoms with van der Waals surface area (Å²) in [5.74, 6) is -0.178. The van der Waals surface area contributed by atoms with Crippen LogP contribution < -0.4 is 21.3 Å². The van der Waals surface area contributed by atoms with E-state index in [9.17, 15) is 9.59 Å². The van der Waals surface area contributed by atoms with E-state index in [1.54, 1.807) is 0 Å². The van der Waals surface area contributed by atoms with Crippen molar-refractivity contribution in [1.29, 1.82) is 0 Å². The van der Waals surface area contributed by atoms with E-state index in [1.165, 1.54) is 6.42 Å². The standard InChI is InChI=1S/C21H25BrN4O2/c22-16-8-6-7-15(13-16)18(25-21(23)28)14-20(27)24-17-9-2-3-10-19(17)26-11-4-1-5-12-26/h2-3,6-10,13,18H,1,4-5,11-12,14H2,(H,24,27)(H3,23,25,28). The van der Waals surface area contributed by atoms with E-state index in [0.717, 1.165) is 47.3 Å². The summed E-state index contributed by atoms with van der Waals surface area (Å²) >= 11 is 3.42. The number of halogens is 1. The highest BCUT2D eigenvalue weighted by Crippen LogP contribution is 2.29. The van der Waals surface area contributed by atoms with Crippen molar-refractivity contribution in [2.75, 3.05) is 23.3 Å². The van der Waals surface area contributed by atoms with Gasteiger partial charge in [0.05, 0.1) is 23.8 Å². The van der Waals surface area contributed by atoms with Gasteiger partial charge in [0.1, 0.15) is 0 Å².